The monoisotopic (exact) mass is 207 g/mol. The van der Waals surface area contributed by atoms with Crippen LogP contribution < -0.4 is 5.43 Å². The fourth-order valence-electron chi connectivity index (χ4n) is 0.870. The molecule has 70 valence electrons. The molecule has 0 aliphatic heterocycles. The number of carbonyl (C=O) groups excluding carboxylic acids is 1. The van der Waals surface area contributed by atoms with Crippen LogP contribution in [0.1, 0.15) is 22.5 Å². The molecule has 0 aliphatic rings. The molecule has 1 N–H and O–H groups in total. The number of aromatic nitrogens is 1. The van der Waals surface area contributed by atoms with Crippen LogP contribution in [0.5, 0.6) is 0 Å². The molecule has 3 nitrogen and oxygen atoms in total. The lowest BCUT2D eigenvalue weighted by Crippen LogP contribution is -2.15. The molecular weight excluding hydrogens is 204 g/mol. The van der Waals surface area contributed by atoms with Crippen LogP contribution in [0.15, 0.2) is 17.1 Å². The molecule has 13 heavy (non-hydrogen) atoms. The largest absolute Gasteiger partial charge is 0.359 e. The molecule has 0 bridgehead atoms. The van der Waals surface area contributed by atoms with Crippen molar-refractivity contribution in [3.05, 3.63) is 33.7 Å². The predicted molar refractivity (Wildman–Crippen MR) is 42.2 cm³/mol. The second-order valence-corrected chi connectivity index (χ2v) is 2.55. The van der Waals surface area contributed by atoms with E-state index in [1.165, 1.54) is 0 Å². The van der Waals surface area contributed by atoms with Crippen molar-refractivity contribution in [2.45, 2.75) is 6.43 Å². The normalized spacial score (nSPS) is 10.5. The van der Waals surface area contributed by atoms with Crippen molar-refractivity contribution in [3.63, 3.8) is 0 Å². The maximum absolute atomic E-state index is 12.2. The molecule has 6 heteroatoms. The highest BCUT2D eigenvalue weighted by Crippen LogP contribution is 2.18. The first-order chi connectivity index (χ1) is 6.04. The molecule has 0 fully saturated rings. The summed E-state index contributed by atoms with van der Waals surface area (Å²) in [7, 11) is 0. The van der Waals surface area contributed by atoms with Gasteiger partial charge in [-0.3, -0.25) is 9.59 Å². The zero-order chi connectivity index (χ0) is 10.0. The Kier molecular flexibility index (Phi) is 2.77. The van der Waals surface area contributed by atoms with Gasteiger partial charge in [0, 0.05) is 12.3 Å². The molecule has 1 aromatic rings. The minimum atomic E-state index is -2.92. The Morgan fingerprint density at radius 2 is 2.15 bits per heavy atom. The van der Waals surface area contributed by atoms with E-state index in [9.17, 15) is 18.4 Å². The van der Waals surface area contributed by atoms with Crippen molar-refractivity contribution in [3.8, 4) is 0 Å². The van der Waals surface area contributed by atoms with E-state index in [1.807, 2.05) is 0 Å². The highest BCUT2D eigenvalue weighted by molar-refractivity contribution is 6.67. The first-order valence-corrected chi connectivity index (χ1v) is 3.61. The number of carbonyl (C=O) groups is 1. The van der Waals surface area contributed by atoms with Crippen molar-refractivity contribution < 1.29 is 13.6 Å². The highest BCUT2D eigenvalue weighted by atomic mass is 35.5. The van der Waals surface area contributed by atoms with Gasteiger partial charge in [-0.1, -0.05) is 0 Å². The Morgan fingerprint density at radius 3 is 2.54 bits per heavy atom. The van der Waals surface area contributed by atoms with Crippen LogP contribution in [0, 0.1) is 0 Å². The Bertz CT molecular complexity index is 388. The van der Waals surface area contributed by atoms with Crippen molar-refractivity contribution in [2.24, 2.45) is 0 Å². The Labute approximate surface area is 76.3 Å². The van der Waals surface area contributed by atoms with Crippen LogP contribution in [-0.4, -0.2) is 10.2 Å². The fourth-order valence-corrected chi connectivity index (χ4v) is 1.07. The Morgan fingerprint density at radius 1 is 1.54 bits per heavy atom. The number of hydrogen-bond acceptors (Lipinski definition) is 2. The molecule has 0 unspecified atom stereocenters. The summed E-state index contributed by atoms with van der Waals surface area (Å²) >= 11 is 4.97. The van der Waals surface area contributed by atoms with Crippen molar-refractivity contribution in [1.29, 1.82) is 0 Å². The summed E-state index contributed by atoms with van der Waals surface area (Å²) in [4.78, 5) is 23.6. The highest BCUT2D eigenvalue weighted by Gasteiger charge is 2.20. The van der Waals surface area contributed by atoms with Gasteiger partial charge in [0.15, 0.2) is 5.43 Å². The minimum absolute atomic E-state index is 0.695. The van der Waals surface area contributed by atoms with Crippen LogP contribution in [0.2, 0.25) is 0 Å². The van der Waals surface area contributed by atoms with Crippen molar-refractivity contribution in [1.82, 2.24) is 4.98 Å². The topological polar surface area (TPSA) is 49.9 Å². The molecular formula is C7H4ClF2NO2. The third kappa shape index (κ3) is 1.92. The second kappa shape index (κ2) is 3.66. The zero-order valence-corrected chi connectivity index (χ0v) is 6.94. The fraction of sp³-hybridized carbons (Fsp3) is 0.143. The van der Waals surface area contributed by atoms with Crippen LogP contribution >= 0.6 is 11.6 Å². The number of aromatic amines is 1. The molecule has 0 aliphatic carbocycles. The minimum Gasteiger partial charge on any atom is -0.359 e. The molecule has 1 aromatic heterocycles. The maximum atomic E-state index is 12.2. The summed E-state index contributed by atoms with van der Waals surface area (Å²) in [5.74, 6) is 0. The van der Waals surface area contributed by atoms with E-state index in [2.05, 4.69) is 4.98 Å². The third-order valence-corrected chi connectivity index (χ3v) is 1.59. The van der Waals surface area contributed by atoms with E-state index < -0.39 is 28.4 Å². The van der Waals surface area contributed by atoms with Gasteiger partial charge in [0.05, 0.1) is 5.69 Å². The summed E-state index contributed by atoms with van der Waals surface area (Å²) in [5.41, 5.74) is -2.25. The summed E-state index contributed by atoms with van der Waals surface area (Å²) in [6.45, 7) is 0. The molecule has 0 atom stereocenters. The first kappa shape index (κ1) is 9.85. The summed E-state index contributed by atoms with van der Waals surface area (Å²) in [6.07, 6.45) is -1.89. The van der Waals surface area contributed by atoms with Crippen LogP contribution in [0.3, 0.4) is 0 Å². The SMILES string of the molecule is O=C(Cl)c1c(C(F)F)[nH]ccc1=O. The summed E-state index contributed by atoms with van der Waals surface area (Å²) in [5, 5.41) is -1.18. The number of alkyl halides is 2. The Hall–Kier alpha value is -1.23. The number of pyridine rings is 1. The van der Waals surface area contributed by atoms with Crippen LogP contribution in [0.25, 0.3) is 0 Å². The number of nitrogens with one attached hydrogen (secondary N) is 1. The first-order valence-electron chi connectivity index (χ1n) is 3.23. The lowest BCUT2D eigenvalue weighted by atomic mass is 10.2. The van der Waals surface area contributed by atoms with Gasteiger partial charge in [-0.2, -0.15) is 0 Å². The van der Waals surface area contributed by atoms with Gasteiger partial charge in [0.1, 0.15) is 5.56 Å². The number of H-pyrrole nitrogens is 1. The van der Waals surface area contributed by atoms with E-state index in [0.717, 1.165) is 12.3 Å². The third-order valence-electron chi connectivity index (χ3n) is 1.40. The summed E-state index contributed by atoms with van der Waals surface area (Å²) in [6, 6.07) is 0.960. The van der Waals surface area contributed by atoms with Crippen LogP contribution in [-0.2, 0) is 0 Å². The van der Waals surface area contributed by atoms with E-state index in [4.69, 9.17) is 11.6 Å². The van der Waals surface area contributed by atoms with Gasteiger partial charge in [0.25, 0.3) is 11.7 Å². The van der Waals surface area contributed by atoms with Crippen molar-refractivity contribution in [2.75, 3.05) is 0 Å². The standard InChI is InChI=1S/C7H4ClF2NO2/c8-6(13)4-3(12)1-2-11-5(4)7(9)10/h1-2,7H,(H,11,12). The molecule has 0 radical (unpaired) electrons. The molecule has 0 aromatic carbocycles. The van der Waals surface area contributed by atoms with E-state index >= 15 is 0 Å². The predicted octanol–water partition coefficient (Wildman–Crippen LogP) is 1.69. The smallest absolute Gasteiger partial charge is 0.279 e. The van der Waals surface area contributed by atoms with Gasteiger partial charge in [-0.15, -0.1) is 0 Å². The van der Waals surface area contributed by atoms with Gasteiger partial charge < -0.3 is 4.98 Å². The summed E-state index contributed by atoms with van der Waals surface area (Å²) < 4.78 is 24.4. The average molecular weight is 208 g/mol. The van der Waals surface area contributed by atoms with E-state index in [1.54, 1.807) is 0 Å². The number of hydrogen-bond donors (Lipinski definition) is 1. The van der Waals surface area contributed by atoms with Gasteiger partial charge in [-0.25, -0.2) is 8.78 Å². The van der Waals surface area contributed by atoms with Gasteiger partial charge in [0.2, 0.25) is 0 Å². The lowest BCUT2D eigenvalue weighted by Gasteiger charge is -2.02. The maximum Gasteiger partial charge on any atom is 0.279 e. The molecule has 1 rings (SSSR count). The molecule has 0 amide bonds. The van der Waals surface area contributed by atoms with Gasteiger partial charge in [-0.05, 0) is 11.6 Å². The van der Waals surface area contributed by atoms with E-state index in [0.29, 0.717) is 0 Å². The average Bonchev–Trinajstić information content (AvgIpc) is 2.02. The number of rotatable bonds is 2. The lowest BCUT2D eigenvalue weighted by molar-refractivity contribution is 0.106. The molecule has 1 heterocycles. The quantitative estimate of drug-likeness (QED) is 0.751. The molecule has 0 saturated heterocycles. The molecule has 0 spiro atoms. The van der Waals surface area contributed by atoms with Crippen LogP contribution in [0.4, 0.5) is 8.78 Å². The molecule has 0 saturated carbocycles. The van der Waals surface area contributed by atoms with Gasteiger partial charge >= 0.3 is 0 Å². The second-order valence-electron chi connectivity index (χ2n) is 2.20. The van der Waals surface area contributed by atoms with Crippen molar-refractivity contribution >= 4 is 16.8 Å². The van der Waals surface area contributed by atoms with E-state index in [-0.39, 0.29) is 0 Å². The number of halogens is 3. The zero-order valence-electron chi connectivity index (χ0n) is 6.18. The Balaban J connectivity index is 3.43.